The lowest BCUT2D eigenvalue weighted by atomic mass is 10.2. The quantitative estimate of drug-likeness (QED) is 0.818. The molecule has 24 heavy (non-hydrogen) atoms. The molecule has 0 N–H and O–H groups in total. The van der Waals surface area contributed by atoms with E-state index in [1.54, 1.807) is 4.90 Å². The van der Waals surface area contributed by atoms with Crippen molar-refractivity contribution in [3.8, 4) is 11.5 Å². The van der Waals surface area contributed by atoms with E-state index in [1.807, 2.05) is 67.4 Å². The number of hydrogen-bond donors (Lipinski definition) is 0. The van der Waals surface area contributed by atoms with E-state index < -0.39 is 0 Å². The number of carbonyl (C=O) groups is 1. The normalized spacial score (nSPS) is 12.5. The number of amides is 1. The van der Waals surface area contributed by atoms with Gasteiger partial charge in [0.1, 0.15) is 0 Å². The molecule has 0 aliphatic carbocycles. The van der Waals surface area contributed by atoms with Gasteiger partial charge in [0.15, 0.2) is 11.5 Å². The number of hydrogen-bond acceptors (Lipinski definition) is 4. The van der Waals surface area contributed by atoms with Crippen LogP contribution in [0.2, 0.25) is 0 Å². The van der Waals surface area contributed by atoms with Gasteiger partial charge in [0.05, 0.1) is 6.54 Å². The summed E-state index contributed by atoms with van der Waals surface area (Å²) in [6.07, 6.45) is 0. The van der Waals surface area contributed by atoms with E-state index in [9.17, 15) is 4.79 Å². The lowest BCUT2D eigenvalue weighted by Gasteiger charge is -2.24. The van der Waals surface area contributed by atoms with Crippen LogP contribution in [0, 0.1) is 0 Å². The first-order chi connectivity index (χ1) is 11.7. The summed E-state index contributed by atoms with van der Waals surface area (Å²) in [4.78, 5) is 16.4. The molecule has 0 saturated heterocycles. The molecule has 2 aromatic rings. The van der Waals surface area contributed by atoms with Crippen LogP contribution in [-0.2, 0) is 11.3 Å². The van der Waals surface area contributed by atoms with Crippen LogP contribution in [0.5, 0.6) is 11.5 Å². The Hall–Kier alpha value is -2.53. The summed E-state index contributed by atoms with van der Waals surface area (Å²) >= 11 is 0. The first-order valence-corrected chi connectivity index (χ1v) is 8.10. The molecule has 0 atom stereocenters. The summed E-state index contributed by atoms with van der Waals surface area (Å²) in [5.41, 5.74) is 2.03. The SMILES string of the molecule is CCN(C(=O)CN(C)Cc1ccc2c(c1)OCO2)c1ccccc1. The fraction of sp³-hybridized carbons (Fsp3) is 0.316. The van der Waals surface area contributed by atoms with E-state index in [-0.39, 0.29) is 12.7 Å². The first-order valence-electron chi connectivity index (χ1n) is 8.10. The predicted molar refractivity (Wildman–Crippen MR) is 93.4 cm³/mol. The molecule has 3 rings (SSSR count). The monoisotopic (exact) mass is 326 g/mol. The van der Waals surface area contributed by atoms with Crippen LogP contribution in [-0.4, -0.2) is 37.7 Å². The highest BCUT2D eigenvalue weighted by atomic mass is 16.7. The molecule has 0 spiro atoms. The molecular formula is C19H22N2O3. The Kier molecular flexibility index (Phi) is 5.01. The van der Waals surface area contributed by atoms with Crippen molar-refractivity contribution in [3.63, 3.8) is 0 Å². The number of fused-ring (bicyclic) bond motifs is 1. The lowest BCUT2D eigenvalue weighted by Crippen LogP contribution is -2.38. The van der Waals surface area contributed by atoms with Crippen LogP contribution in [0.3, 0.4) is 0 Å². The average Bonchev–Trinajstić information content (AvgIpc) is 3.04. The van der Waals surface area contributed by atoms with Gasteiger partial charge in [0, 0.05) is 18.8 Å². The van der Waals surface area contributed by atoms with Crippen molar-refractivity contribution in [2.24, 2.45) is 0 Å². The maximum atomic E-state index is 12.6. The molecule has 2 aromatic carbocycles. The molecule has 5 nitrogen and oxygen atoms in total. The van der Waals surface area contributed by atoms with Gasteiger partial charge in [-0.2, -0.15) is 0 Å². The van der Waals surface area contributed by atoms with Crippen LogP contribution >= 0.6 is 0 Å². The minimum absolute atomic E-state index is 0.0898. The van der Waals surface area contributed by atoms with E-state index in [1.165, 1.54) is 0 Å². The van der Waals surface area contributed by atoms with Gasteiger partial charge in [-0.15, -0.1) is 0 Å². The van der Waals surface area contributed by atoms with Crippen molar-refractivity contribution in [2.75, 3.05) is 31.8 Å². The number of nitrogens with zero attached hydrogens (tertiary/aromatic N) is 2. The van der Waals surface area contributed by atoms with E-state index in [2.05, 4.69) is 0 Å². The van der Waals surface area contributed by atoms with Gasteiger partial charge in [0.25, 0.3) is 0 Å². The molecule has 0 fully saturated rings. The van der Waals surface area contributed by atoms with E-state index in [4.69, 9.17) is 9.47 Å². The standard InChI is InChI=1S/C19H22N2O3/c1-3-21(16-7-5-4-6-8-16)19(22)13-20(2)12-15-9-10-17-18(11-15)24-14-23-17/h4-11H,3,12-14H2,1-2H3. The second-order valence-corrected chi connectivity index (χ2v) is 5.83. The van der Waals surface area contributed by atoms with Crippen LogP contribution in [0.15, 0.2) is 48.5 Å². The maximum Gasteiger partial charge on any atom is 0.241 e. The molecule has 126 valence electrons. The third kappa shape index (κ3) is 3.68. The molecular weight excluding hydrogens is 304 g/mol. The Bertz CT molecular complexity index is 703. The van der Waals surface area contributed by atoms with Crippen molar-refractivity contribution < 1.29 is 14.3 Å². The summed E-state index contributed by atoms with van der Waals surface area (Å²) in [5.74, 6) is 1.64. The van der Waals surface area contributed by atoms with Crippen LogP contribution in [0.4, 0.5) is 5.69 Å². The molecule has 0 unspecified atom stereocenters. The second-order valence-electron chi connectivity index (χ2n) is 5.83. The highest BCUT2D eigenvalue weighted by Gasteiger charge is 2.17. The van der Waals surface area contributed by atoms with Crippen LogP contribution < -0.4 is 14.4 Å². The number of rotatable bonds is 6. The molecule has 0 bridgehead atoms. The van der Waals surface area contributed by atoms with Crippen LogP contribution in [0.1, 0.15) is 12.5 Å². The largest absolute Gasteiger partial charge is 0.454 e. The van der Waals surface area contributed by atoms with Gasteiger partial charge in [-0.25, -0.2) is 0 Å². The minimum Gasteiger partial charge on any atom is -0.454 e. The zero-order valence-corrected chi connectivity index (χ0v) is 14.1. The number of para-hydroxylation sites is 1. The van der Waals surface area contributed by atoms with Crippen LogP contribution in [0.25, 0.3) is 0 Å². The minimum atomic E-state index is 0.0898. The number of likely N-dealkylation sites (N-methyl/N-ethyl adjacent to an activating group) is 2. The molecule has 1 amide bonds. The van der Waals surface area contributed by atoms with Gasteiger partial charge >= 0.3 is 0 Å². The van der Waals surface area contributed by atoms with Gasteiger partial charge in [-0.3, -0.25) is 9.69 Å². The number of anilines is 1. The molecule has 0 radical (unpaired) electrons. The molecule has 0 aromatic heterocycles. The second kappa shape index (κ2) is 7.36. The van der Waals surface area contributed by atoms with Gasteiger partial charge in [-0.1, -0.05) is 24.3 Å². The smallest absolute Gasteiger partial charge is 0.241 e. The summed E-state index contributed by atoms with van der Waals surface area (Å²) in [7, 11) is 1.95. The Morgan fingerprint density at radius 2 is 1.83 bits per heavy atom. The lowest BCUT2D eigenvalue weighted by molar-refractivity contribution is -0.119. The first kappa shape index (κ1) is 16.3. The summed E-state index contributed by atoms with van der Waals surface area (Å²) in [6, 6.07) is 15.6. The molecule has 0 saturated carbocycles. The van der Waals surface area contributed by atoms with Crippen molar-refractivity contribution in [1.82, 2.24) is 4.90 Å². The van der Waals surface area contributed by atoms with Gasteiger partial charge < -0.3 is 14.4 Å². The van der Waals surface area contributed by atoms with E-state index >= 15 is 0 Å². The van der Waals surface area contributed by atoms with Gasteiger partial charge in [0.2, 0.25) is 12.7 Å². The molecule has 5 heteroatoms. The molecule has 1 aliphatic heterocycles. The Morgan fingerprint density at radius 1 is 1.08 bits per heavy atom. The van der Waals surface area contributed by atoms with E-state index in [0.29, 0.717) is 19.6 Å². The van der Waals surface area contributed by atoms with Gasteiger partial charge in [-0.05, 0) is 43.8 Å². The number of benzene rings is 2. The van der Waals surface area contributed by atoms with Crippen molar-refractivity contribution in [1.29, 1.82) is 0 Å². The third-order valence-electron chi connectivity index (χ3n) is 3.98. The summed E-state index contributed by atoms with van der Waals surface area (Å²) < 4.78 is 10.7. The molecule has 1 aliphatic rings. The average molecular weight is 326 g/mol. The zero-order chi connectivity index (χ0) is 16.9. The van der Waals surface area contributed by atoms with E-state index in [0.717, 1.165) is 22.7 Å². The highest BCUT2D eigenvalue weighted by Crippen LogP contribution is 2.32. The number of carbonyl (C=O) groups excluding carboxylic acids is 1. The highest BCUT2D eigenvalue weighted by molar-refractivity contribution is 5.94. The fourth-order valence-corrected chi connectivity index (χ4v) is 2.83. The predicted octanol–water partition coefficient (Wildman–Crippen LogP) is 2.90. The third-order valence-corrected chi connectivity index (χ3v) is 3.98. The summed E-state index contributed by atoms with van der Waals surface area (Å²) in [5, 5.41) is 0. The Morgan fingerprint density at radius 3 is 2.58 bits per heavy atom. The fourth-order valence-electron chi connectivity index (χ4n) is 2.83. The summed E-state index contributed by atoms with van der Waals surface area (Å²) in [6.45, 7) is 3.95. The number of ether oxygens (including phenoxy) is 2. The van der Waals surface area contributed by atoms with Crippen molar-refractivity contribution >= 4 is 11.6 Å². The van der Waals surface area contributed by atoms with Crippen molar-refractivity contribution in [3.05, 3.63) is 54.1 Å². The maximum absolute atomic E-state index is 12.6. The van der Waals surface area contributed by atoms with Crippen molar-refractivity contribution in [2.45, 2.75) is 13.5 Å². The molecule has 1 heterocycles. The Labute approximate surface area is 142 Å². The zero-order valence-electron chi connectivity index (χ0n) is 14.1. The topological polar surface area (TPSA) is 42.0 Å². The Balaban J connectivity index is 1.61.